The molecule has 1 aromatic heterocycles. The van der Waals surface area contributed by atoms with Crippen LogP contribution < -0.4 is 5.32 Å². The number of aromatic nitrogens is 1. The molecule has 0 saturated heterocycles. The van der Waals surface area contributed by atoms with E-state index >= 15 is 0 Å². The van der Waals surface area contributed by atoms with Gasteiger partial charge < -0.3 is 9.73 Å². The van der Waals surface area contributed by atoms with Gasteiger partial charge in [-0.15, -0.1) is 0 Å². The lowest BCUT2D eigenvalue weighted by Crippen LogP contribution is -2.22. The Morgan fingerprint density at radius 3 is 2.56 bits per heavy atom. The number of thioether (sulfide) groups is 1. The average Bonchev–Trinajstić information content (AvgIpc) is 3.03. The van der Waals surface area contributed by atoms with Gasteiger partial charge in [0.15, 0.2) is 5.58 Å². The number of nitrogens with one attached hydrogen (secondary N) is 1. The molecule has 0 spiro atoms. The summed E-state index contributed by atoms with van der Waals surface area (Å²) in [5.74, 6) is -0.177. The van der Waals surface area contributed by atoms with Gasteiger partial charge in [-0.25, -0.2) is 17.7 Å². The summed E-state index contributed by atoms with van der Waals surface area (Å²) >= 11 is 1.17. The third-order valence-electron chi connectivity index (χ3n) is 3.81. The second-order valence-corrected chi connectivity index (χ2v) is 9.46. The zero-order valence-electron chi connectivity index (χ0n) is 15.0. The van der Waals surface area contributed by atoms with E-state index in [1.165, 1.54) is 38.0 Å². The van der Waals surface area contributed by atoms with E-state index in [0.717, 1.165) is 4.31 Å². The van der Waals surface area contributed by atoms with E-state index in [4.69, 9.17) is 4.42 Å². The average molecular weight is 406 g/mol. The Kier molecular flexibility index (Phi) is 5.54. The predicted molar refractivity (Wildman–Crippen MR) is 105 cm³/mol. The molecular formula is C18H19N3O4S2. The number of amides is 1. The number of anilines is 1. The highest BCUT2D eigenvalue weighted by atomic mass is 32.2. The highest BCUT2D eigenvalue weighted by Gasteiger charge is 2.21. The summed E-state index contributed by atoms with van der Waals surface area (Å²) in [5.41, 5.74) is 1.60. The molecule has 0 fully saturated rings. The number of rotatable bonds is 6. The minimum Gasteiger partial charge on any atom is -0.431 e. The van der Waals surface area contributed by atoms with Crippen molar-refractivity contribution >= 4 is 44.5 Å². The van der Waals surface area contributed by atoms with Crippen LogP contribution in [0.1, 0.15) is 6.92 Å². The van der Waals surface area contributed by atoms with Gasteiger partial charge in [-0.05, 0) is 37.3 Å². The van der Waals surface area contributed by atoms with Gasteiger partial charge in [0.05, 0.1) is 10.1 Å². The number of hydrogen-bond donors (Lipinski definition) is 1. The third-order valence-corrected chi connectivity index (χ3v) is 6.56. The van der Waals surface area contributed by atoms with Gasteiger partial charge in [-0.3, -0.25) is 4.79 Å². The summed E-state index contributed by atoms with van der Waals surface area (Å²) in [6, 6.07) is 13.7. The summed E-state index contributed by atoms with van der Waals surface area (Å²) < 4.78 is 31.2. The molecule has 9 heteroatoms. The minimum absolute atomic E-state index is 0.139. The van der Waals surface area contributed by atoms with Crippen molar-refractivity contribution in [2.24, 2.45) is 0 Å². The predicted octanol–water partition coefficient (Wildman–Crippen LogP) is 3.20. The molecule has 0 aliphatic heterocycles. The van der Waals surface area contributed by atoms with Crippen LogP contribution in [0.15, 0.2) is 63.1 Å². The standard InChI is InChI=1S/C18H19N3O4S2/c1-12(17(22)19-13-7-5-4-6-8-13)26-18-20-15-11-14(9-10-16(15)25-18)27(23,24)21(2)3/h4-12H,1-3H3,(H,19,22)/t12-/m0/s1. The number of carbonyl (C=O) groups excluding carboxylic acids is 1. The van der Waals surface area contributed by atoms with Gasteiger partial charge in [0, 0.05) is 19.8 Å². The molecule has 27 heavy (non-hydrogen) atoms. The van der Waals surface area contributed by atoms with Gasteiger partial charge >= 0.3 is 0 Å². The highest BCUT2D eigenvalue weighted by Crippen LogP contribution is 2.29. The van der Waals surface area contributed by atoms with E-state index in [1.54, 1.807) is 25.1 Å². The second-order valence-electron chi connectivity index (χ2n) is 6.01. The summed E-state index contributed by atoms with van der Waals surface area (Å²) in [7, 11) is -0.612. The van der Waals surface area contributed by atoms with Gasteiger partial charge in [-0.1, -0.05) is 30.0 Å². The summed E-state index contributed by atoms with van der Waals surface area (Å²) in [4.78, 5) is 16.8. The lowest BCUT2D eigenvalue weighted by Gasteiger charge is -2.10. The van der Waals surface area contributed by atoms with Crippen molar-refractivity contribution < 1.29 is 17.6 Å². The molecule has 1 N–H and O–H groups in total. The van der Waals surface area contributed by atoms with Gasteiger partial charge in [0.2, 0.25) is 15.9 Å². The number of para-hydroxylation sites is 1. The van der Waals surface area contributed by atoms with Crippen LogP contribution in [0.2, 0.25) is 0 Å². The van der Waals surface area contributed by atoms with Gasteiger partial charge in [-0.2, -0.15) is 0 Å². The van der Waals surface area contributed by atoms with Crippen LogP contribution in [0.25, 0.3) is 11.1 Å². The van der Waals surface area contributed by atoms with Crippen molar-refractivity contribution in [2.45, 2.75) is 22.3 Å². The molecule has 1 atom stereocenters. The molecule has 3 aromatic rings. The van der Waals surface area contributed by atoms with Crippen LogP contribution in [-0.2, 0) is 14.8 Å². The molecule has 1 heterocycles. The fraction of sp³-hybridized carbons (Fsp3) is 0.222. The van der Waals surface area contributed by atoms with E-state index in [0.29, 0.717) is 22.0 Å². The lowest BCUT2D eigenvalue weighted by molar-refractivity contribution is -0.115. The van der Waals surface area contributed by atoms with Crippen molar-refractivity contribution in [1.82, 2.24) is 9.29 Å². The Labute approximate surface area is 161 Å². The molecule has 1 amide bonds. The third kappa shape index (κ3) is 4.32. The monoisotopic (exact) mass is 405 g/mol. The molecule has 7 nitrogen and oxygen atoms in total. The number of benzene rings is 2. The maximum Gasteiger partial charge on any atom is 0.257 e. The van der Waals surface area contributed by atoms with Crippen LogP contribution in [0.3, 0.4) is 0 Å². The van der Waals surface area contributed by atoms with Crippen molar-refractivity contribution in [1.29, 1.82) is 0 Å². The molecule has 0 bridgehead atoms. The van der Waals surface area contributed by atoms with Crippen LogP contribution >= 0.6 is 11.8 Å². The first kappa shape index (κ1) is 19.4. The van der Waals surface area contributed by atoms with Crippen molar-refractivity contribution in [3.63, 3.8) is 0 Å². The van der Waals surface area contributed by atoms with E-state index in [-0.39, 0.29) is 10.8 Å². The van der Waals surface area contributed by atoms with Crippen LogP contribution in [0, 0.1) is 0 Å². The molecule has 0 radical (unpaired) electrons. The Balaban J connectivity index is 1.76. The van der Waals surface area contributed by atoms with Crippen LogP contribution in [-0.4, -0.2) is 43.0 Å². The number of nitrogens with zero attached hydrogens (tertiary/aromatic N) is 2. The molecule has 3 rings (SSSR count). The molecule has 142 valence electrons. The Bertz CT molecular complexity index is 1060. The summed E-state index contributed by atoms with van der Waals surface area (Å²) in [6.45, 7) is 1.75. The number of carbonyl (C=O) groups is 1. The molecule has 0 aliphatic rings. The Hall–Kier alpha value is -2.36. The second kappa shape index (κ2) is 7.71. The number of fused-ring (bicyclic) bond motifs is 1. The van der Waals surface area contributed by atoms with Crippen molar-refractivity contribution in [3.05, 3.63) is 48.5 Å². The first-order chi connectivity index (χ1) is 12.8. The fourth-order valence-corrected chi connectivity index (χ4v) is 3.96. The van der Waals surface area contributed by atoms with Crippen LogP contribution in [0.5, 0.6) is 0 Å². The van der Waals surface area contributed by atoms with Crippen molar-refractivity contribution in [3.8, 4) is 0 Å². The fourth-order valence-electron chi connectivity index (χ4n) is 2.28. The zero-order valence-corrected chi connectivity index (χ0v) is 16.7. The minimum atomic E-state index is -3.55. The van der Waals surface area contributed by atoms with Crippen LogP contribution in [0.4, 0.5) is 5.69 Å². The zero-order chi connectivity index (χ0) is 19.6. The molecule has 0 saturated carbocycles. The smallest absolute Gasteiger partial charge is 0.257 e. The molecule has 0 unspecified atom stereocenters. The number of sulfonamides is 1. The maximum atomic E-state index is 12.3. The first-order valence-corrected chi connectivity index (χ1v) is 10.4. The molecule has 0 aliphatic carbocycles. The van der Waals surface area contributed by atoms with E-state index < -0.39 is 15.3 Å². The number of hydrogen-bond acceptors (Lipinski definition) is 6. The summed E-state index contributed by atoms with van der Waals surface area (Å²) in [6.07, 6.45) is 0. The van der Waals surface area contributed by atoms with E-state index in [2.05, 4.69) is 10.3 Å². The van der Waals surface area contributed by atoms with Gasteiger partial charge in [0.25, 0.3) is 5.22 Å². The number of oxazole rings is 1. The van der Waals surface area contributed by atoms with E-state index in [1.807, 2.05) is 18.2 Å². The normalized spacial score (nSPS) is 13.0. The SMILES string of the molecule is C[C@H](Sc1nc2cc(S(=O)(=O)N(C)C)ccc2o1)C(=O)Nc1ccccc1. The summed E-state index contributed by atoms with van der Waals surface area (Å²) in [5, 5.41) is 2.69. The van der Waals surface area contributed by atoms with E-state index in [9.17, 15) is 13.2 Å². The molecule has 2 aromatic carbocycles. The largest absolute Gasteiger partial charge is 0.431 e. The van der Waals surface area contributed by atoms with Gasteiger partial charge in [0.1, 0.15) is 5.52 Å². The first-order valence-electron chi connectivity index (χ1n) is 8.13. The quantitative estimate of drug-likeness (QED) is 0.633. The Morgan fingerprint density at radius 2 is 1.89 bits per heavy atom. The Morgan fingerprint density at radius 1 is 1.19 bits per heavy atom. The van der Waals surface area contributed by atoms with Crippen molar-refractivity contribution in [2.75, 3.05) is 19.4 Å². The maximum absolute atomic E-state index is 12.3. The highest BCUT2D eigenvalue weighted by molar-refractivity contribution is 8.00. The lowest BCUT2D eigenvalue weighted by atomic mass is 10.3. The topological polar surface area (TPSA) is 92.5 Å². The molecular weight excluding hydrogens is 386 g/mol.